The lowest BCUT2D eigenvalue weighted by Crippen LogP contribution is -2.56. The highest BCUT2D eigenvalue weighted by molar-refractivity contribution is 6.39. The van der Waals surface area contributed by atoms with Crippen LogP contribution < -0.4 is 10.6 Å². The summed E-state index contributed by atoms with van der Waals surface area (Å²) >= 11 is 0. The maximum absolute atomic E-state index is 13.5. The SMILES string of the molecule is CCC[C@H](NC(=O)[C@@H]1CCCN1C(=O)[C@H](CC(C)C)NC(=O)OCc1ccccc1)C(=O)C(=O)CC(C)C. The number of amides is 3. The third-order valence-electron chi connectivity index (χ3n) is 6.43. The van der Waals surface area contributed by atoms with Gasteiger partial charge in [-0.15, -0.1) is 0 Å². The van der Waals surface area contributed by atoms with Gasteiger partial charge in [0.25, 0.3) is 0 Å². The van der Waals surface area contributed by atoms with Gasteiger partial charge in [-0.25, -0.2) is 4.79 Å². The second-order valence-electron chi connectivity index (χ2n) is 10.8. The first kappa shape index (κ1) is 31.0. The lowest BCUT2D eigenvalue weighted by atomic mass is 9.97. The Balaban J connectivity index is 2.08. The zero-order chi connectivity index (χ0) is 28.2. The molecule has 1 aromatic carbocycles. The molecular formula is C29H43N3O6. The average Bonchev–Trinajstić information content (AvgIpc) is 3.36. The maximum Gasteiger partial charge on any atom is 0.408 e. The molecule has 210 valence electrons. The number of likely N-dealkylation sites (tertiary alicyclic amines) is 1. The number of carbonyl (C=O) groups is 5. The van der Waals surface area contributed by atoms with Gasteiger partial charge in [-0.3, -0.25) is 19.2 Å². The standard InChI is InChI=1S/C29H43N3O6/c1-6-11-22(26(34)25(33)17-20(4)5)30-27(35)24-14-10-15-32(24)28(36)23(16-19(2)3)31-29(37)38-18-21-12-8-7-9-13-21/h7-9,12-13,19-20,22-24H,6,10-11,14-18H2,1-5H3,(H,30,35)(H,31,37)/t22-,23-,24-/m0/s1. The van der Waals surface area contributed by atoms with Gasteiger partial charge in [0.1, 0.15) is 18.7 Å². The number of nitrogens with zero attached hydrogens (tertiary/aromatic N) is 1. The molecule has 1 aliphatic heterocycles. The van der Waals surface area contributed by atoms with Crippen molar-refractivity contribution in [3.05, 3.63) is 35.9 Å². The van der Waals surface area contributed by atoms with Crippen molar-refractivity contribution in [2.24, 2.45) is 11.8 Å². The molecular weight excluding hydrogens is 486 g/mol. The molecule has 0 saturated carbocycles. The number of nitrogens with one attached hydrogen (secondary N) is 2. The minimum atomic E-state index is -0.908. The Morgan fingerprint density at radius 1 is 0.974 bits per heavy atom. The van der Waals surface area contributed by atoms with Crippen molar-refractivity contribution in [1.82, 2.24) is 15.5 Å². The highest BCUT2D eigenvalue weighted by Crippen LogP contribution is 2.21. The lowest BCUT2D eigenvalue weighted by Gasteiger charge is -2.30. The van der Waals surface area contributed by atoms with Crippen molar-refractivity contribution in [2.75, 3.05) is 6.54 Å². The molecule has 9 heteroatoms. The van der Waals surface area contributed by atoms with Crippen LogP contribution in [-0.2, 0) is 30.5 Å². The smallest absolute Gasteiger partial charge is 0.408 e. The summed E-state index contributed by atoms with van der Waals surface area (Å²) in [6.07, 6.45) is 1.83. The maximum atomic E-state index is 13.5. The first-order valence-corrected chi connectivity index (χ1v) is 13.7. The quantitative estimate of drug-likeness (QED) is 0.354. The predicted molar refractivity (Wildman–Crippen MR) is 144 cm³/mol. The van der Waals surface area contributed by atoms with Gasteiger partial charge in [0.15, 0.2) is 0 Å². The van der Waals surface area contributed by atoms with Crippen LogP contribution in [0.2, 0.25) is 0 Å². The molecule has 3 atom stereocenters. The van der Waals surface area contributed by atoms with E-state index in [2.05, 4.69) is 10.6 Å². The molecule has 0 radical (unpaired) electrons. The Labute approximate surface area is 226 Å². The van der Waals surface area contributed by atoms with Crippen molar-refractivity contribution < 1.29 is 28.7 Å². The van der Waals surface area contributed by atoms with E-state index in [0.29, 0.717) is 38.6 Å². The summed E-state index contributed by atoms with van der Waals surface area (Å²) in [7, 11) is 0. The number of carbonyl (C=O) groups excluding carboxylic acids is 5. The largest absolute Gasteiger partial charge is 0.445 e. The van der Waals surface area contributed by atoms with Gasteiger partial charge in [0.2, 0.25) is 23.4 Å². The number of benzene rings is 1. The topological polar surface area (TPSA) is 122 Å². The number of rotatable bonds is 14. The fourth-order valence-corrected chi connectivity index (χ4v) is 4.59. The molecule has 0 aromatic heterocycles. The van der Waals surface area contributed by atoms with Gasteiger partial charge >= 0.3 is 6.09 Å². The Morgan fingerprint density at radius 2 is 1.66 bits per heavy atom. The molecule has 0 bridgehead atoms. The van der Waals surface area contributed by atoms with Gasteiger partial charge in [-0.2, -0.15) is 0 Å². The van der Waals surface area contributed by atoms with E-state index in [1.807, 2.05) is 65.0 Å². The van der Waals surface area contributed by atoms with Gasteiger partial charge in [-0.1, -0.05) is 71.4 Å². The molecule has 0 aliphatic carbocycles. The van der Waals surface area contributed by atoms with Crippen molar-refractivity contribution in [2.45, 2.75) is 97.9 Å². The summed E-state index contributed by atoms with van der Waals surface area (Å²) in [5, 5.41) is 5.43. The zero-order valence-electron chi connectivity index (χ0n) is 23.3. The molecule has 9 nitrogen and oxygen atoms in total. The average molecular weight is 530 g/mol. The van der Waals surface area contributed by atoms with Gasteiger partial charge in [-0.05, 0) is 43.1 Å². The van der Waals surface area contributed by atoms with Gasteiger partial charge in [0.05, 0.1) is 6.04 Å². The third-order valence-corrected chi connectivity index (χ3v) is 6.43. The normalized spacial score (nSPS) is 16.7. The zero-order valence-corrected chi connectivity index (χ0v) is 23.3. The van der Waals surface area contributed by atoms with Crippen LogP contribution in [0.15, 0.2) is 30.3 Å². The van der Waals surface area contributed by atoms with Crippen LogP contribution in [-0.4, -0.2) is 59.0 Å². The first-order chi connectivity index (χ1) is 18.0. The number of ketones is 2. The summed E-state index contributed by atoms with van der Waals surface area (Å²) in [5.41, 5.74) is 0.828. The molecule has 0 spiro atoms. The Morgan fingerprint density at radius 3 is 2.26 bits per heavy atom. The number of hydrogen-bond acceptors (Lipinski definition) is 6. The highest BCUT2D eigenvalue weighted by Gasteiger charge is 2.39. The molecule has 3 amide bonds. The van der Waals surface area contributed by atoms with E-state index in [0.717, 1.165) is 5.56 Å². The van der Waals surface area contributed by atoms with Crippen molar-refractivity contribution in [1.29, 1.82) is 0 Å². The predicted octanol–water partition coefficient (Wildman–Crippen LogP) is 3.79. The van der Waals surface area contributed by atoms with E-state index in [4.69, 9.17) is 4.74 Å². The molecule has 1 aliphatic rings. The molecule has 2 N–H and O–H groups in total. The summed E-state index contributed by atoms with van der Waals surface area (Å²) in [6, 6.07) is 6.70. The first-order valence-electron chi connectivity index (χ1n) is 13.7. The second kappa shape index (κ2) is 15.2. The molecule has 1 saturated heterocycles. The van der Waals surface area contributed by atoms with Crippen LogP contribution in [0.3, 0.4) is 0 Å². The van der Waals surface area contributed by atoms with E-state index in [9.17, 15) is 24.0 Å². The van der Waals surface area contributed by atoms with E-state index < -0.39 is 41.7 Å². The summed E-state index contributed by atoms with van der Waals surface area (Å²) in [5.74, 6) is -1.75. The molecule has 0 unspecified atom stereocenters. The van der Waals surface area contributed by atoms with Crippen LogP contribution in [0.5, 0.6) is 0 Å². The van der Waals surface area contributed by atoms with Gasteiger partial charge < -0.3 is 20.3 Å². The van der Waals surface area contributed by atoms with Crippen molar-refractivity contribution >= 4 is 29.5 Å². The van der Waals surface area contributed by atoms with Crippen molar-refractivity contribution in [3.8, 4) is 0 Å². The van der Waals surface area contributed by atoms with Crippen LogP contribution in [0, 0.1) is 11.8 Å². The van der Waals surface area contributed by atoms with E-state index >= 15 is 0 Å². The number of alkyl carbamates (subject to hydrolysis) is 1. The summed E-state index contributed by atoms with van der Waals surface area (Å²) < 4.78 is 5.31. The minimum absolute atomic E-state index is 0.0390. The monoisotopic (exact) mass is 529 g/mol. The van der Waals surface area contributed by atoms with Crippen LogP contribution in [0.4, 0.5) is 4.79 Å². The molecule has 1 fully saturated rings. The number of Topliss-reactive ketones (excluding diaryl/α,β-unsaturated/α-hetero) is 2. The Kier molecular flexibility index (Phi) is 12.4. The number of ether oxygens (including phenoxy) is 1. The fourth-order valence-electron chi connectivity index (χ4n) is 4.59. The van der Waals surface area contributed by atoms with E-state index in [1.165, 1.54) is 4.90 Å². The Bertz CT molecular complexity index is 962. The minimum Gasteiger partial charge on any atom is -0.445 e. The third kappa shape index (κ3) is 9.58. The molecule has 1 aromatic rings. The van der Waals surface area contributed by atoms with Gasteiger partial charge in [0, 0.05) is 13.0 Å². The molecule has 38 heavy (non-hydrogen) atoms. The number of hydrogen-bond donors (Lipinski definition) is 2. The second-order valence-corrected chi connectivity index (χ2v) is 10.8. The van der Waals surface area contributed by atoms with Crippen LogP contribution in [0.25, 0.3) is 0 Å². The highest BCUT2D eigenvalue weighted by atomic mass is 16.5. The van der Waals surface area contributed by atoms with Crippen LogP contribution in [0.1, 0.15) is 78.7 Å². The molecule has 2 rings (SSSR count). The molecule has 1 heterocycles. The summed E-state index contributed by atoms with van der Waals surface area (Å²) in [4.78, 5) is 65.9. The fraction of sp³-hybridized carbons (Fsp3) is 0.621. The van der Waals surface area contributed by atoms with E-state index in [-0.39, 0.29) is 30.8 Å². The van der Waals surface area contributed by atoms with E-state index in [1.54, 1.807) is 0 Å². The summed E-state index contributed by atoms with van der Waals surface area (Å²) in [6.45, 7) is 9.93. The lowest BCUT2D eigenvalue weighted by molar-refractivity contribution is -0.142. The van der Waals surface area contributed by atoms with Crippen molar-refractivity contribution in [3.63, 3.8) is 0 Å². The Hall–Kier alpha value is -3.23. The van der Waals surface area contributed by atoms with Crippen LogP contribution >= 0.6 is 0 Å².